The number of ether oxygens (including phenoxy) is 1. The second-order valence-corrected chi connectivity index (χ2v) is 4.96. The summed E-state index contributed by atoms with van der Waals surface area (Å²) >= 11 is 1.95. The lowest BCUT2D eigenvalue weighted by Gasteiger charge is -2.10. The van der Waals surface area contributed by atoms with Crippen LogP contribution in [0.3, 0.4) is 0 Å². The summed E-state index contributed by atoms with van der Waals surface area (Å²) in [6.07, 6.45) is 2.43. The number of benzene rings is 1. The molecular formula is C13H20OS. The van der Waals surface area contributed by atoms with E-state index in [9.17, 15) is 0 Å². The predicted molar refractivity (Wildman–Crippen MR) is 67.4 cm³/mol. The Labute approximate surface area is 97.2 Å². The molecule has 0 spiro atoms. The minimum Gasteiger partial charge on any atom is -0.385 e. The Kier molecular flexibility index (Phi) is 6.53. The van der Waals surface area contributed by atoms with E-state index in [1.165, 1.54) is 23.5 Å². The van der Waals surface area contributed by atoms with Crippen molar-refractivity contribution in [3.63, 3.8) is 0 Å². The maximum absolute atomic E-state index is 5.05. The van der Waals surface area contributed by atoms with Crippen molar-refractivity contribution < 1.29 is 4.74 Å². The van der Waals surface area contributed by atoms with Gasteiger partial charge in [-0.1, -0.05) is 25.1 Å². The standard InChI is InChI=1S/C13H20OS/c1-12(7-6-10-14-2)11-15-13-8-4-3-5-9-13/h3-5,8-9,12H,6-7,10-11H2,1-2H3. The zero-order valence-corrected chi connectivity index (χ0v) is 10.4. The SMILES string of the molecule is COCCCC(C)CSc1ccccc1. The average Bonchev–Trinajstić information content (AvgIpc) is 2.28. The van der Waals surface area contributed by atoms with Gasteiger partial charge in [-0.2, -0.15) is 0 Å². The van der Waals surface area contributed by atoms with Gasteiger partial charge in [-0.3, -0.25) is 0 Å². The smallest absolute Gasteiger partial charge is 0.0462 e. The van der Waals surface area contributed by atoms with Crippen molar-refractivity contribution >= 4 is 11.8 Å². The second-order valence-electron chi connectivity index (χ2n) is 3.86. The Hall–Kier alpha value is -0.470. The van der Waals surface area contributed by atoms with Crippen LogP contribution in [0, 0.1) is 5.92 Å². The fourth-order valence-electron chi connectivity index (χ4n) is 1.41. The zero-order chi connectivity index (χ0) is 10.9. The van der Waals surface area contributed by atoms with E-state index in [1.807, 2.05) is 11.8 Å². The van der Waals surface area contributed by atoms with E-state index in [0.717, 1.165) is 12.5 Å². The molecule has 1 aromatic carbocycles. The van der Waals surface area contributed by atoms with Gasteiger partial charge in [0.1, 0.15) is 0 Å². The first-order valence-electron chi connectivity index (χ1n) is 5.49. The maximum atomic E-state index is 5.05. The van der Waals surface area contributed by atoms with Gasteiger partial charge in [-0.25, -0.2) is 0 Å². The van der Waals surface area contributed by atoms with Crippen molar-refractivity contribution in [3.8, 4) is 0 Å². The molecule has 1 atom stereocenters. The van der Waals surface area contributed by atoms with Crippen LogP contribution in [-0.2, 0) is 4.74 Å². The number of thioether (sulfide) groups is 1. The average molecular weight is 224 g/mol. The van der Waals surface area contributed by atoms with Crippen molar-refractivity contribution in [2.45, 2.75) is 24.7 Å². The molecule has 1 nitrogen and oxygen atoms in total. The molecule has 1 unspecified atom stereocenters. The minimum atomic E-state index is 0.769. The Morgan fingerprint density at radius 2 is 2.00 bits per heavy atom. The largest absolute Gasteiger partial charge is 0.385 e. The fraction of sp³-hybridized carbons (Fsp3) is 0.538. The third kappa shape index (κ3) is 5.85. The molecule has 0 fully saturated rings. The molecule has 2 heteroatoms. The van der Waals surface area contributed by atoms with Crippen LogP contribution in [-0.4, -0.2) is 19.5 Å². The number of hydrogen-bond acceptors (Lipinski definition) is 2. The highest BCUT2D eigenvalue weighted by molar-refractivity contribution is 7.99. The van der Waals surface area contributed by atoms with E-state index in [2.05, 4.69) is 37.3 Å². The Bertz CT molecular complexity index is 248. The van der Waals surface area contributed by atoms with Crippen molar-refractivity contribution in [2.75, 3.05) is 19.5 Å². The molecule has 0 N–H and O–H groups in total. The Balaban J connectivity index is 2.14. The fourth-order valence-corrected chi connectivity index (χ4v) is 2.41. The Morgan fingerprint density at radius 1 is 1.27 bits per heavy atom. The van der Waals surface area contributed by atoms with Gasteiger partial charge in [-0.05, 0) is 30.9 Å². The van der Waals surface area contributed by atoms with Crippen LogP contribution in [0.4, 0.5) is 0 Å². The molecule has 0 aromatic heterocycles. The quantitative estimate of drug-likeness (QED) is 0.514. The monoisotopic (exact) mass is 224 g/mol. The van der Waals surface area contributed by atoms with E-state index in [4.69, 9.17) is 4.74 Å². The summed E-state index contributed by atoms with van der Waals surface area (Å²) in [5.74, 6) is 1.97. The molecule has 0 aliphatic carbocycles. The summed E-state index contributed by atoms with van der Waals surface area (Å²) in [4.78, 5) is 1.37. The van der Waals surface area contributed by atoms with Crippen molar-refractivity contribution in [1.82, 2.24) is 0 Å². The van der Waals surface area contributed by atoms with Crippen LogP contribution >= 0.6 is 11.8 Å². The minimum absolute atomic E-state index is 0.769. The molecule has 0 aliphatic heterocycles. The highest BCUT2D eigenvalue weighted by Crippen LogP contribution is 2.21. The van der Waals surface area contributed by atoms with Crippen LogP contribution < -0.4 is 0 Å². The molecule has 0 heterocycles. The summed E-state index contributed by atoms with van der Waals surface area (Å²) < 4.78 is 5.05. The van der Waals surface area contributed by atoms with E-state index < -0.39 is 0 Å². The Morgan fingerprint density at radius 3 is 2.67 bits per heavy atom. The summed E-state index contributed by atoms with van der Waals surface area (Å²) in [6, 6.07) is 10.6. The second kappa shape index (κ2) is 7.77. The first-order chi connectivity index (χ1) is 7.33. The van der Waals surface area contributed by atoms with Crippen molar-refractivity contribution in [2.24, 2.45) is 5.92 Å². The van der Waals surface area contributed by atoms with Crippen LogP contribution in [0.1, 0.15) is 19.8 Å². The molecule has 1 aromatic rings. The van der Waals surface area contributed by atoms with Crippen LogP contribution in [0.15, 0.2) is 35.2 Å². The molecule has 0 amide bonds. The van der Waals surface area contributed by atoms with E-state index >= 15 is 0 Å². The van der Waals surface area contributed by atoms with Crippen LogP contribution in [0.25, 0.3) is 0 Å². The van der Waals surface area contributed by atoms with E-state index in [0.29, 0.717) is 0 Å². The summed E-state index contributed by atoms with van der Waals surface area (Å²) in [5, 5.41) is 0. The third-order valence-electron chi connectivity index (χ3n) is 2.32. The lowest BCUT2D eigenvalue weighted by atomic mass is 10.1. The van der Waals surface area contributed by atoms with Crippen LogP contribution in [0.2, 0.25) is 0 Å². The molecule has 0 bridgehead atoms. The number of rotatable bonds is 7. The highest BCUT2D eigenvalue weighted by atomic mass is 32.2. The van der Waals surface area contributed by atoms with Gasteiger partial charge in [0.05, 0.1) is 0 Å². The van der Waals surface area contributed by atoms with Gasteiger partial charge < -0.3 is 4.74 Å². The molecule has 0 aliphatic rings. The number of methoxy groups -OCH3 is 1. The van der Waals surface area contributed by atoms with E-state index in [1.54, 1.807) is 7.11 Å². The molecule has 0 radical (unpaired) electrons. The predicted octanol–water partition coefficient (Wildman–Crippen LogP) is 3.84. The molecule has 1 rings (SSSR count). The summed E-state index contributed by atoms with van der Waals surface area (Å²) in [6.45, 7) is 3.20. The first kappa shape index (κ1) is 12.6. The normalized spacial score (nSPS) is 12.7. The van der Waals surface area contributed by atoms with Crippen molar-refractivity contribution in [3.05, 3.63) is 30.3 Å². The topological polar surface area (TPSA) is 9.23 Å². The number of hydrogen-bond donors (Lipinski definition) is 0. The molecule has 0 saturated heterocycles. The van der Waals surface area contributed by atoms with Crippen molar-refractivity contribution in [1.29, 1.82) is 0 Å². The van der Waals surface area contributed by atoms with Gasteiger partial charge >= 0.3 is 0 Å². The molecule has 15 heavy (non-hydrogen) atoms. The molecule has 0 saturated carbocycles. The lowest BCUT2D eigenvalue weighted by Crippen LogP contribution is -2.00. The van der Waals surface area contributed by atoms with Gasteiger partial charge in [0.15, 0.2) is 0 Å². The summed E-state index contributed by atoms with van der Waals surface area (Å²) in [7, 11) is 1.77. The molecule has 84 valence electrons. The lowest BCUT2D eigenvalue weighted by molar-refractivity contribution is 0.189. The van der Waals surface area contributed by atoms with Gasteiger partial charge in [0, 0.05) is 24.4 Å². The first-order valence-corrected chi connectivity index (χ1v) is 6.48. The van der Waals surface area contributed by atoms with Crippen LogP contribution in [0.5, 0.6) is 0 Å². The zero-order valence-electron chi connectivity index (χ0n) is 9.61. The third-order valence-corrected chi connectivity index (χ3v) is 3.66. The van der Waals surface area contributed by atoms with Gasteiger partial charge in [-0.15, -0.1) is 11.8 Å². The highest BCUT2D eigenvalue weighted by Gasteiger charge is 2.02. The van der Waals surface area contributed by atoms with Gasteiger partial charge in [0.2, 0.25) is 0 Å². The maximum Gasteiger partial charge on any atom is 0.0462 e. The summed E-state index contributed by atoms with van der Waals surface area (Å²) in [5.41, 5.74) is 0. The van der Waals surface area contributed by atoms with Gasteiger partial charge in [0.25, 0.3) is 0 Å². The van der Waals surface area contributed by atoms with E-state index in [-0.39, 0.29) is 0 Å². The molecular weight excluding hydrogens is 204 g/mol.